The Morgan fingerprint density at radius 1 is 0.536 bits per heavy atom. The molecule has 9 heterocycles. The van der Waals surface area contributed by atoms with Crippen LogP contribution in [0, 0.1) is 39.5 Å². The number of nitrogens with zero attached hydrogens (tertiary/aromatic N) is 9. The summed E-state index contributed by atoms with van der Waals surface area (Å²) in [7, 11) is -3.93. The first-order chi connectivity index (χ1) is 52.8. The van der Waals surface area contributed by atoms with Crippen molar-refractivity contribution in [1.29, 1.82) is 0 Å². The molecule has 0 saturated carbocycles. The van der Waals surface area contributed by atoms with Crippen LogP contribution in [0.1, 0.15) is 135 Å². The molecule has 582 valence electrons. The largest absolute Gasteiger partial charge is 0.385 e. The molecule has 0 bridgehead atoms. The van der Waals surface area contributed by atoms with Gasteiger partial charge in [-0.2, -0.15) is 18.0 Å². The van der Waals surface area contributed by atoms with Crippen molar-refractivity contribution in [3.05, 3.63) is 165 Å². The van der Waals surface area contributed by atoms with Crippen molar-refractivity contribution in [2.24, 2.45) is 11.8 Å². The Kier molecular flexibility index (Phi) is 24.0. The lowest BCUT2D eigenvalue weighted by atomic mass is 9.89. The molecule has 3 unspecified atom stereocenters. The molecule has 0 aliphatic carbocycles. The number of ketones is 3. The zero-order chi connectivity index (χ0) is 78.1. The Bertz CT molecular complexity index is 5150. The van der Waals surface area contributed by atoms with E-state index in [-0.39, 0.29) is 93.1 Å². The number of sulfonamides is 3. The molecule has 25 nitrogen and oxygen atoms in total. The molecule has 15 rings (SSSR count). The van der Waals surface area contributed by atoms with Crippen molar-refractivity contribution < 1.29 is 68.0 Å². The molecule has 3 aromatic heterocycles. The number of hydrogen-bond donors (Lipinski definition) is 1. The van der Waals surface area contributed by atoms with Gasteiger partial charge in [0.2, 0.25) is 20.0 Å². The maximum absolute atomic E-state index is 13.6. The lowest BCUT2D eigenvalue weighted by Crippen LogP contribution is -2.48. The smallest absolute Gasteiger partial charge is 0.258 e. The van der Waals surface area contributed by atoms with Gasteiger partial charge in [0.25, 0.3) is 27.7 Å². The summed E-state index contributed by atoms with van der Waals surface area (Å²) in [6, 6.07) is 31.2. The SMILES string of the molecule is CN(C)CCCN1C(=O)c2cccc3c(CC(=O)C4CCCCN4S(=O)(=O)c4cccs4)ccc1c23.COCCCN1C(=O)c2cccc3c(CC(=O)C4CCCN(S(=O)(=O)c5c(C)n[nH]c5C)C4)ccc1c23.COCCCN1C(=O)c2cccc3c(CC(=O)C4CCCN(S(=O)(=O)c5c(C)noc5C)C4)ccc1c23. The molecule has 6 aliphatic heterocycles. The first kappa shape index (κ1) is 79.3. The Balaban J connectivity index is 0.000000145. The Morgan fingerprint density at radius 2 is 1.00 bits per heavy atom. The molecule has 0 spiro atoms. The second-order valence-corrected chi connectivity index (χ2v) is 36.3. The van der Waals surface area contributed by atoms with Crippen molar-refractivity contribution >= 4 is 126 Å². The van der Waals surface area contributed by atoms with E-state index in [1.165, 1.54) is 24.3 Å². The maximum atomic E-state index is 13.6. The standard InChI is InChI=1S/C27H32N4O5S.C27H31N3O6S.C27H31N3O4S2/c1-17-26(18(2)29-28-17)37(34,35)30-12-5-7-20(16-30)24(32)15-19-10-11-23-25-21(19)8-4-9-22(25)27(33)31(23)13-6-14-36-3;1-17-26(18(2)36-28-17)37(33,34)29-12-5-7-20(16-29)24(31)15-19-10-11-23-25-21(19)8-4-9-22(25)27(32)30(23)13-6-14-35-3;1-28(2)14-7-15-29-23-13-12-19(20-8-5-9-21(26(20)23)27(29)32)18-24(31)22-10-3-4-16-30(22)36(33,34)25-11-6-17-35-25/h4,8-11,20H,5-7,12-16H2,1-3H3,(H,28,29);4,8-11,20H,5-7,12-16H2,1-3H3;5-6,8-9,11-13,17,22H,3-4,7,10,14-16,18H2,1-2H3. The fraction of sp³-hybridized carbons (Fsp3) is 0.432. The van der Waals surface area contributed by atoms with Gasteiger partial charge < -0.3 is 33.6 Å². The number of aromatic amines is 1. The molecule has 110 heavy (non-hydrogen) atoms. The predicted octanol–water partition coefficient (Wildman–Crippen LogP) is 11.2. The number of hydrogen-bond acceptors (Lipinski definition) is 19. The van der Waals surface area contributed by atoms with Crippen LogP contribution in [0.4, 0.5) is 17.1 Å². The van der Waals surface area contributed by atoms with Crippen LogP contribution >= 0.6 is 11.3 Å². The third kappa shape index (κ3) is 15.5. The van der Waals surface area contributed by atoms with Crippen LogP contribution in [-0.4, -0.2) is 200 Å². The first-order valence-corrected chi connectivity index (χ1v) is 42.8. The van der Waals surface area contributed by atoms with Gasteiger partial charge in [-0.3, -0.25) is 33.9 Å². The number of aryl methyl sites for hydroxylation is 4. The summed E-state index contributed by atoms with van der Waals surface area (Å²) >= 11 is 1.18. The quantitative estimate of drug-likeness (QED) is 0.0468. The number of methoxy groups -OCH3 is 2. The average molecular weight is 1580 g/mol. The lowest BCUT2D eigenvalue weighted by Gasteiger charge is -2.33. The highest BCUT2D eigenvalue weighted by atomic mass is 32.2. The van der Waals surface area contributed by atoms with Gasteiger partial charge in [0.05, 0.1) is 34.5 Å². The zero-order valence-electron chi connectivity index (χ0n) is 63.4. The van der Waals surface area contributed by atoms with Gasteiger partial charge in [-0.05, 0) is 187 Å². The summed E-state index contributed by atoms with van der Waals surface area (Å²) in [4.78, 5) is 87.6. The highest BCUT2D eigenvalue weighted by Crippen LogP contribution is 2.44. The van der Waals surface area contributed by atoms with E-state index in [0.29, 0.717) is 118 Å². The highest BCUT2D eigenvalue weighted by Gasteiger charge is 2.42. The van der Waals surface area contributed by atoms with Crippen LogP contribution in [0.5, 0.6) is 0 Å². The van der Waals surface area contributed by atoms with Crippen LogP contribution in [-0.2, 0) is 73.2 Å². The van der Waals surface area contributed by atoms with Crippen molar-refractivity contribution in [3.63, 3.8) is 0 Å². The minimum atomic E-state index is -3.81. The molecular weight excluding hydrogens is 1480 g/mol. The van der Waals surface area contributed by atoms with E-state index in [2.05, 4.69) is 20.3 Å². The molecule has 1 N–H and O–H groups in total. The van der Waals surface area contributed by atoms with Crippen molar-refractivity contribution in [2.75, 3.05) is 115 Å². The summed E-state index contributed by atoms with van der Waals surface area (Å²) in [6.45, 7) is 11.8. The molecule has 9 aromatic rings. The molecule has 3 atom stereocenters. The number of amides is 3. The molecule has 6 aromatic carbocycles. The number of aromatic nitrogens is 3. The minimum absolute atomic E-state index is 0.000592. The van der Waals surface area contributed by atoms with E-state index in [0.717, 1.165) is 105 Å². The van der Waals surface area contributed by atoms with Gasteiger partial charge in [-0.1, -0.05) is 72.2 Å². The monoisotopic (exact) mass is 1570 g/mol. The van der Waals surface area contributed by atoms with Gasteiger partial charge in [0.1, 0.15) is 31.3 Å². The van der Waals surface area contributed by atoms with Crippen molar-refractivity contribution in [1.82, 2.24) is 33.2 Å². The number of nitrogens with one attached hydrogen (secondary N) is 1. The van der Waals surface area contributed by atoms with E-state index >= 15 is 0 Å². The number of H-pyrrole nitrogens is 1. The fourth-order valence-electron chi connectivity index (χ4n) is 16.6. The topological polar surface area (TPSA) is 301 Å². The summed E-state index contributed by atoms with van der Waals surface area (Å²) < 4.78 is 99.7. The van der Waals surface area contributed by atoms with E-state index in [1.54, 1.807) is 69.2 Å². The van der Waals surface area contributed by atoms with Gasteiger partial charge in [-0.15, -0.1) is 11.3 Å². The number of carbonyl (C=O) groups excluding carboxylic acids is 6. The van der Waals surface area contributed by atoms with Crippen LogP contribution in [0.15, 0.2) is 127 Å². The number of carbonyl (C=O) groups is 6. The van der Waals surface area contributed by atoms with E-state index in [4.69, 9.17) is 14.0 Å². The van der Waals surface area contributed by atoms with Crippen LogP contribution in [0.3, 0.4) is 0 Å². The van der Waals surface area contributed by atoms with Crippen molar-refractivity contribution in [2.45, 2.75) is 131 Å². The molecule has 3 amide bonds. The van der Waals surface area contributed by atoms with E-state index in [1.807, 2.05) is 110 Å². The number of Topliss-reactive ketones (excluding diaryl/α,β-unsaturated/α-hetero) is 3. The summed E-state index contributed by atoms with van der Waals surface area (Å²) in [5.41, 5.74) is 8.39. The average Bonchev–Trinajstić information content (AvgIpc) is 1.58. The number of thiophene rings is 1. The number of rotatable bonds is 27. The van der Waals surface area contributed by atoms with Gasteiger partial charge in [-0.25, -0.2) is 25.3 Å². The normalized spacial score (nSPS) is 18.3. The summed E-state index contributed by atoms with van der Waals surface area (Å²) in [5, 5.41) is 17.6. The molecule has 3 fully saturated rings. The van der Waals surface area contributed by atoms with E-state index in [9.17, 15) is 54.0 Å². The minimum Gasteiger partial charge on any atom is -0.385 e. The van der Waals surface area contributed by atoms with Crippen LogP contribution in [0.25, 0.3) is 32.3 Å². The second-order valence-electron chi connectivity index (χ2n) is 29.4. The third-order valence-electron chi connectivity index (χ3n) is 22.0. The number of piperidine rings is 3. The van der Waals surface area contributed by atoms with Gasteiger partial charge in [0.15, 0.2) is 11.5 Å². The Morgan fingerprint density at radius 3 is 1.42 bits per heavy atom. The van der Waals surface area contributed by atoms with Gasteiger partial charge in [0, 0.05) is 144 Å². The predicted molar refractivity (Wildman–Crippen MR) is 422 cm³/mol. The fourth-order valence-corrected chi connectivity index (χ4v) is 23.1. The Labute approximate surface area is 646 Å². The number of benzene rings is 6. The van der Waals surface area contributed by atoms with Gasteiger partial charge >= 0.3 is 0 Å². The molecule has 0 radical (unpaired) electrons. The first-order valence-electron chi connectivity index (χ1n) is 37.6. The summed E-state index contributed by atoms with van der Waals surface area (Å²) in [5.74, 6) is -0.676. The highest BCUT2D eigenvalue weighted by molar-refractivity contribution is 7.91. The molecule has 29 heteroatoms. The second kappa shape index (κ2) is 33.3. The summed E-state index contributed by atoms with van der Waals surface area (Å²) in [6.07, 6.45) is 7.47. The third-order valence-corrected chi connectivity index (χ3v) is 29.5. The van der Waals surface area contributed by atoms with Crippen molar-refractivity contribution in [3.8, 4) is 0 Å². The molecule has 6 aliphatic rings. The molecular formula is C81H94N10O15S4. The maximum Gasteiger partial charge on any atom is 0.258 e. The number of ether oxygens (including phenoxy) is 2. The molecule has 3 saturated heterocycles. The van der Waals surface area contributed by atoms with E-state index < -0.39 is 42.0 Å². The lowest BCUT2D eigenvalue weighted by molar-refractivity contribution is -0.124. The zero-order valence-corrected chi connectivity index (χ0v) is 66.6. The van der Waals surface area contributed by atoms with Crippen LogP contribution < -0.4 is 14.7 Å². The van der Waals surface area contributed by atoms with Crippen LogP contribution in [0.2, 0.25) is 0 Å². The Hall–Kier alpha value is -8.75. The number of anilines is 3.